The lowest BCUT2D eigenvalue weighted by Crippen LogP contribution is -2.36. The van der Waals surface area contributed by atoms with E-state index in [0.717, 1.165) is 53.9 Å². The molecule has 2 aliphatic heterocycles. The summed E-state index contributed by atoms with van der Waals surface area (Å²) in [7, 11) is 0. The van der Waals surface area contributed by atoms with Crippen LogP contribution in [0, 0.1) is 19.8 Å². The van der Waals surface area contributed by atoms with Gasteiger partial charge in [0.15, 0.2) is 0 Å². The average Bonchev–Trinajstić information content (AvgIpc) is 3.53. The lowest BCUT2D eigenvalue weighted by Gasteiger charge is -2.29. The van der Waals surface area contributed by atoms with Gasteiger partial charge in [0, 0.05) is 24.3 Å². The van der Waals surface area contributed by atoms with Crippen molar-refractivity contribution in [3.05, 3.63) is 64.3 Å². The van der Waals surface area contributed by atoms with Gasteiger partial charge in [0.1, 0.15) is 22.9 Å². The fourth-order valence-electron chi connectivity index (χ4n) is 5.37. The van der Waals surface area contributed by atoms with Crippen LogP contribution >= 0.6 is 0 Å². The lowest BCUT2D eigenvalue weighted by molar-refractivity contribution is 0.0495. The van der Waals surface area contributed by atoms with Crippen molar-refractivity contribution in [2.24, 2.45) is 5.92 Å². The predicted molar refractivity (Wildman–Crippen MR) is 138 cm³/mol. The summed E-state index contributed by atoms with van der Waals surface area (Å²) in [4.78, 5) is 15.6. The van der Waals surface area contributed by atoms with Crippen LogP contribution < -0.4 is 4.74 Å². The van der Waals surface area contributed by atoms with Gasteiger partial charge >= 0.3 is 0 Å². The molecular formula is C29H35N3O4. The number of phenols is 1. The quantitative estimate of drug-likeness (QED) is 0.433. The highest BCUT2D eigenvalue weighted by Gasteiger charge is 2.44. The molecule has 1 amide bonds. The second-order valence-corrected chi connectivity index (χ2v) is 10.4. The Kier molecular flexibility index (Phi) is 6.75. The number of fused-ring (bicyclic) bond motifs is 1. The van der Waals surface area contributed by atoms with Gasteiger partial charge in [-0.15, -0.1) is 0 Å². The van der Waals surface area contributed by atoms with Crippen LogP contribution in [0.3, 0.4) is 0 Å². The fraction of sp³-hybridized carbons (Fsp3) is 0.448. The van der Waals surface area contributed by atoms with Crippen molar-refractivity contribution in [1.82, 2.24) is 15.1 Å². The number of ether oxygens (including phenoxy) is 2. The molecule has 2 unspecified atom stereocenters. The molecule has 0 aliphatic carbocycles. The fourth-order valence-corrected chi connectivity index (χ4v) is 5.37. The number of aromatic nitrogens is 2. The van der Waals surface area contributed by atoms with Gasteiger partial charge in [-0.05, 0) is 73.9 Å². The molecule has 3 aromatic rings. The van der Waals surface area contributed by atoms with E-state index < -0.39 is 0 Å². The second kappa shape index (κ2) is 9.97. The molecule has 2 aromatic carbocycles. The number of carbonyl (C=O) groups excluding carboxylic acids is 1. The van der Waals surface area contributed by atoms with E-state index in [9.17, 15) is 9.90 Å². The predicted octanol–water partition coefficient (Wildman–Crippen LogP) is 5.55. The molecule has 1 aromatic heterocycles. The molecule has 0 saturated carbocycles. The van der Waals surface area contributed by atoms with E-state index in [2.05, 4.69) is 24.0 Å². The largest absolute Gasteiger partial charge is 0.507 e. The summed E-state index contributed by atoms with van der Waals surface area (Å²) in [6.07, 6.45) is 2.92. The molecule has 7 heteroatoms. The molecule has 0 radical (unpaired) electrons. The Morgan fingerprint density at radius 1 is 1.25 bits per heavy atom. The zero-order valence-electron chi connectivity index (χ0n) is 21.5. The van der Waals surface area contributed by atoms with E-state index in [0.29, 0.717) is 36.0 Å². The number of aryl methyl sites for hydroxylation is 2. The maximum Gasteiger partial charge on any atom is 0.273 e. The number of phenolic OH excluding ortho intramolecular Hbond substituents is 1. The molecule has 2 aliphatic rings. The SMILES string of the molecule is Cc1cc(C)c(-c2n[nH]c3c2C(c2cccc(OCCC(C)C)c2)N(CC2CCCO2)C3=O)c(O)c1. The molecule has 3 heterocycles. The molecule has 7 nitrogen and oxygen atoms in total. The van der Waals surface area contributed by atoms with Crippen molar-refractivity contribution in [3.63, 3.8) is 0 Å². The van der Waals surface area contributed by atoms with Crippen LogP contribution in [0.15, 0.2) is 36.4 Å². The van der Waals surface area contributed by atoms with Gasteiger partial charge in [0.05, 0.1) is 18.8 Å². The van der Waals surface area contributed by atoms with Crippen LogP contribution in [0.25, 0.3) is 11.3 Å². The van der Waals surface area contributed by atoms with Crippen LogP contribution in [0.1, 0.15) is 71.9 Å². The first-order chi connectivity index (χ1) is 17.3. The van der Waals surface area contributed by atoms with Crippen molar-refractivity contribution < 1.29 is 19.4 Å². The van der Waals surface area contributed by atoms with E-state index in [1.807, 2.05) is 49.1 Å². The average molecular weight is 490 g/mol. The van der Waals surface area contributed by atoms with Crippen molar-refractivity contribution in [1.29, 1.82) is 0 Å². The first-order valence-corrected chi connectivity index (χ1v) is 12.9. The van der Waals surface area contributed by atoms with E-state index in [1.54, 1.807) is 6.07 Å². The minimum Gasteiger partial charge on any atom is -0.507 e. The van der Waals surface area contributed by atoms with Gasteiger partial charge in [-0.25, -0.2) is 0 Å². The van der Waals surface area contributed by atoms with Crippen LogP contribution in [-0.2, 0) is 4.74 Å². The molecule has 2 atom stereocenters. The van der Waals surface area contributed by atoms with E-state index in [-0.39, 0.29) is 23.8 Å². The zero-order valence-corrected chi connectivity index (χ0v) is 21.5. The van der Waals surface area contributed by atoms with Gasteiger partial charge in [-0.1, -0.05) is 32.0 Å². The Balaban J connectivity index is 1.58. The lowest BCUT2D eigenvalue weighted by atomic mass is 9.93. The smallest absolute Gasteiger partial charge is 0.273 e. The summed E-state index contributed by atoms with van der Waals surface area (Å²) in [6, 6.07) is 11.4. The third-order valence-electron chi connectivity index (χ3n) is 7.12. The van der Waals surface area contributed by atoms with Gasteiger partial charge < -0.3 is 19.5 Å². The van der Waals surface area contributed by atoms with Crippen LogP contribution in [0.4, 0.5) is 0 Å². The maximum atomic E-state index is 13.7. The van der Waals surface area contributed by atoms with Crippen molar-refractivity contribution >= 4 is 5.91 Å². The molecule has 190 valence electrons. The molecular weight excluding hydrogens is 454 g/mol. The Morgan fingerprint density at radius 2 is 2.08 bits per heavy atom. The highest BCUT2D eigenvalue weighted by molar-refractivity contribution is 6.00. The zero-order chi connectivity index (χ0) is 25.4. The highest BCUT2D eigenvalue weighted by Crippen LogP contribution is 2.46. The number of hydrogen-bond donors (Lipinski definition) is 2. The van der Waals surface area contributed by atoms with Gasteiger partial charge in [0.2, 0.25) is 0 Å². The molecule has 0 spiro atoms. The molecule has 1 saturated heterocycles. The number of aromatic amines is 1. The summed E-state index contributed by atoms with van der Waals surface area (Å²) in [5, 5.41) is 18.4. The number of amides is 1. The standard InChI is InChI=1S/C29H35N3O4/c1-17(2)10-12-36-21-8-5-7-20(15-21)28-25-26(24-19(4)13-18(3)14-23(24)33)30-31-27(25)29(34)32(28)16-22-9-6-11-35-22/h5,7-8,13-15,17,22,28,33H,6,9-12,16H2,1-4H3,(H,30,31). The van der Waals surface area contributed by atoms with Crippen LogP contribution in [0.2, 0.25) is 0 Å². The molecule has 36 heavy (non-hydrogen) atoms. The van der Waals surface area contributed by atoms with E-state index in [1.165, 1.54) is 0 Å². The van der Waals surface area contributed by atoms with Gasteiger partial charge in [-0.3, -0.25) is 9.89 Å². The minimum atomic E-state index is -0.362. The number of nitrogens with one attached hydrogen (secondary N) is 1. The Labute approximate surface area is 212 Å². The van der Waals surface area contributed by atoms with Gasteiger partial charge in [0.25, 0.3) is 5.91 Å². The van der Waals surface area contributed by atoms with Crippen molar-refractivity contribution in [2.45, 2.75) is 59.1 Å². The molecule has 2 N–H and O–H groups in total. The maximum absolute atomic E-state index is 13.7. The first-order valence-electron chi connectivity index (χ1n) is 12.9. The van der Waals surface area contributed by atoms with Crippen LogP contribution in [-0.4, -0.2) is 52.0 Å². The number of rotatable bonds is 8. The van der Waals surface area contributed by atoms with E-state index >= 15 is 0 Å². The third kappa shape index (κ3) is 4.60. The topological polar surface area (TPSA) is 87.7 Å². The van der Waals surface area contributed by atoms with Crippen molar-refractivity contribution in [2.75, 3.05) is 19.8 Å². The highest BCUT2D eigenvalue weighted by atomic mass is 16.5. The summed E-state index contributed by atoms with van der Waals surface area (Å²) < 4.78 is 12.0. The normalized spacial score (nSPS) is 19.4. The summed E-state index contributed by atoms with van der Waals surface area (Å²) >= 11 is 0. The van der Waals surface area contributed by atoms with E-state index in [4.69, 9.17) is 9.47 Å². The number of carbonyl (C=O) groups is 1. The summed E-state index contributed by atoms with van der Waals surface area (Å²) in [5.41, 5.74) is 5.36. The molecule has 5 rings (SSSR count). The number of aromatic hydroxyl groups is 1. The summed E-state index contributed by atoms with van der Waals surface area (Å²) in [5.74, 6) is 1.41. The third-order valence-corrected chi connectivity index (χ3v) is 7.12. The Morgan fingerprint density at radius 3 is 2.81 bits per heavy atom. The minimum absolute atomic E-state index is 0.0110. The van der Waals surface area contributed by atoms with Crippen molar-refractivity contribution in [3.8, 4) is 22.8 Å². The number of hydrogen-bond acceptors (Lipinski definition) is 5. The second-order valence-electron chi connectivity index (χ2n) is 10.4. The monoisotopic (exact) mass is 489 g/mol. The summed E-state index contributed by atoms with van der Waals surface area (Å²) in [6.45, 7) is 10.1. The Bertz CT molecular complexity index is 1240. The molecule has 0 bridgehead atoms. The number of nitrogens with zero attached hydrogens (tertiary/aromatic N) is 2. The first kappa shape index (κ1) is 24.4. The van der Waals surface area contributed by atoms with Gasteiger partial charge in [-0.2, -0.15) is 5.10 Å². The molecule has 1 fully saturated rings. The van der Waals surface area contributed by atoms with Crippen LogP contribution in [0.5, 0.6) is 11.5 Å². The Hall–Kier alpha value is -3.32. The number of H-pyrrole nitrogens is 1. The number of benzene rings is 2.